The molecule has 170 valence electrons. The molecule has 0 aromatic rings. The van der Waals surface area contributed by atoms with Gasteiger partial charge in [0.15, 0.2) is 0 Å². The summed E-state index contributed by atoms with van der Waals surface area (Å²) in [5, 5.41) is 15.6. The highest BCUT2D eigenvalue weighted by Gasteiger charge is 2.29. The van der Waals surface area contributed by atoms with E-state index in [1.807, 2.05) is 6.26 Å². The van der Waals surface area contributed by atoms with Crippen molar-refractivity contribution in [2.45, 2.75) is 50.4 Å². The van der Waals surface area contributed by atoms with Crippen LogP contribution in [-0.4, -0.2) is 76.8 Å². The first kappa shape index (κ1) is 27.1. The number of hydrogen-bond acceptors (Lipinski definition) is 8. The third-order valence-electron chi connectivity index (χ3n) is 3.78. The molecule has 5 amide bonds. The van der Waals surface area contributed by atoms with Gasteiger partial charge in [-0.05, 0) is 25.4 Å². The number of carbonyl (C=O) groups excluding carboxylic acids is 5. The van der Waals surface area contributed by atoms with E-state index >= 15 is 0 Å². The van der Waals surface area contributed by atoms with Gasteiger partial charge in [-0.2, -0.15) is 11.8 Å². The Morgan fingerprint density at radius 3 is 1.83 bits per heavy atom. The summed E-state index contributed by atoms with van der Waals surface area (Å²) in [7, 11) is 0. The average Bonchev–Trinajstić information content (AvgIpc) is 2.63. The van der Waals surface area contributed by atoms with Crippen LogP contribution in [0.3, 0.4) is 0 Å². The average molecular weight is 449 g/mol. The minimum absolute atomic E-state index is 0.340. The quantitative estimate of drug-likeness (QED) is 0.139. The van der Waals surface area contributed by atoms with Gasteiger partial charge >= 0.3 is 5.97 Å². The number of primary amides is 2. The SMILES string of the molecule is CSCCC(N)C(=O)NC(CC(N)=O)C(=O)NC(C)C(=O)NC(CC(N)=O)C(=O)O. The lowest BCUT2D eigenvalue weighted by atomic mass is 10.1. The molecule has 0 aliphatic carbocycles. The molecular weight excluding hydrogens is 420 g/mol. The van der Waals surface area contributed by atoms with E-state index in [1.54, 1.807) is 0 Å². The smallest absolute Gasteiger partial charge is 0.326 e. The van der Waals surface area contributed by atoms with Gasteiger partial charge in [-0.25, -0.2) is 4.79 Å². The summed E-state index contributed by atoms with van der Waals surface area (Å²) in [6, 6.07) is -5.13. The summed E-state index contributed by atoms with van der Waals surface area (Å²) in [5.74, 6) is -5.19. The standard InChI is InChI=1S/C16H28N6O7S/c1-7(13(25)22-10(16(28)29)6-12(19)24)20-15(27)9(5-11(18)23)21-14(26)8(17)3-4-30-2/h7-10H,3-6,17H2,1-2H3,(H2,18,23)(H2,19,24)(H,20,27)(H,21,26)(H,22,25)(H,28,29). The molecule has 0 saturated carbocycles. The number of amides is 5. The molecule has 0 radical (unpaired) electrons. The second-order valence-electron chi connectivity index (χ2n) is 6.42. The van der Waals surface area contributed by atoms with Crippen molar-refractivity contribution in [1.82, 2.24) is 16.0 Å². The zero-order valence-electron chi connectivity index (χ0n) is 16.7. The van der Waals surface area contributed by atoms with Crippen molar-refractivity contribution in [3.8, 4) is 0 Å². The zero-order valence-corrected chi connectivity index (χ0v) is 17.5. The molecule has 0 aromatic heterocycles. The Labute approximate surface area is 177 Å². The normalized spacial score (nSPS) is 14.5. The van der Waals surface area contributed by atoms with Crippen LogP contribution in [0.25, 0.3) is 0 Å². The van der Waals surface area contributed by atoms with Gasteiger partial charge in [-0.3, -0.25) is 24.0 Å². The van der Waals surface area contributed by atoms with E-state index < -0.39 is 72.5 Å². The molecule has 0 spiro atoms. The molecule has 0 aliphatic heterocycles. The molecule has 0 saturated heterocycles. The van der Waals surface area contributed by atoms with Gasteiger partial charge in [0.25, 0.3) is 0 Å². The molecule has 30 heavy (non-hydrogen) atoms. The third-order valence-corrected chi connectivity index (χ3v) is 4.42. The number of carbonyl (C=O) groups is 6. The predicted octanol–water partition coefficient (Wildman–Crippen LogP) is -3.62. The van der Waals surface area contributed by atoms with Crippen molar-refractivity contribution in [3.63, 3.8) is 0 Å². The van der Waals surface area contributed by atoms with Gasteiger partial charge in [-0.15, -0.1) is 0 Å². The maximum absolute atomic E-state index is 12.4. The van der Waals surface area contributed by atoms with E-state index in [-0.39, 0.29) is 0 Å². The Morgan fingerprint density at radius 2 is 1.37 bits per heavy atom. The van der Waals surface area contributed by atoms with Crippen LogP contribution in [0.5, 0.6) is 0 Å². The minimum Gasteiger partial charge on any atom is -0.480 e. The maximum Gasteiger partial charge on any atom is 0.326 e. The van der Waals surface area contributed by atoms with Gasteiger partial charge in [0.05, 0.1) is 18.9 Å². The summed E-state index contributed by atoms with van der Waals surface area (Å²) >= 11 is 1.48. The molecular formula is C16H28N6O7S. The lowest BCUT2D eigenvalue weighted by molar-refractivity contribution is -0.143. The summed E-state index contributed by atoms with van der Waals surface area (Å²) in [6.07, 6.45) is 0.989. The van der Waals surface area contributed by atoms with Crippen LogP contribution < -0.4 is 33.2 Å². The van der Waals surface area contributed by atoms with Gasteiger partial charge in [0.2, 0.25) is 29.5 Å². The number of nitrogens with one attached hydrogen (secondary N) is 3. The molecule has 10 N–H and O–H groups in total. The fourth-order valence-corrected chi connectivity index (χ4v) is 2.63. The van der Waals surface area contributed by atoms with E-state index in [9.17, 15) is 28.8 Å². The van der Waals surface area contributed by atoms with Crippen molar-refractivity contribution in [2.75, 3.05) is 12.0 Å². The van der Waals surface area contributed by atoms with Crippen molar-refractivity contribution in [3.05, 3.63) is 0 Å². The Hall–Kier alpha value is -2.87. The van der Waals surface area contributed by atoms with Gasteiger partial charge in [0, 0.05) is 0 Å². The Balaban J connectivity index is 5.05. The Kier molecular flexibility index (Phi) is 12.1. The van der Waals surface area contributed by atoms with Crippen LogP contribution in [-0.2, 0) is 28.8 Å². The van der Waals surface area contributed by atoms with Gasteiger partial charge in [-0.1, -0.05) is 0 Å². The van der Waals surface area contributed by atoms with Crippen molar-refractivity contribution < 1.29 is 33.9 Å². The molecule has 0 rings (SSSR count). The van der Waals surface area contributed by atoms with Crippen molar-refractivity contribution in [1.29, 1.82) is 0 Å². The van der Waals surface area contributed by atoms with E-state index in [0.29, 0.717) is 12.2 Å². The van der Waals surface area contributed by atoms with E-state index in [4.69, 9.17) is 22.3 Å². The van der Waals surface area contributed by atoms with Crippen molar-refractivity contribution >= 4 is 47.3 Å². The molecule has 0 aliphatic rings. The summed E-state index contributed by atoms with van der Waals surface area (Å²) in [5.41, 5.74) is 15.8. The number of thioether (sulfide) groups is 1. The summed E-state index contributed by atoms with van der Waals surface area (Å²) in [6.45, 7) is 1.24. The monoisotopic (exact) mass is 448 g/mol. The number of aliphatic carboxylic acids is 1. The van der Waals surface area contributed by atoms with Crippen LogP contribution >= 0.6 is 11.8 Å². The molecule has 4 atom stereocenters. The number of carboxylic acids is 1. The molecule has 0 fully saturated rings. The number of rotatable bonds is 14. The van der Waals surface area contributed by atoms with Gasteiger partial charge < -0.3 is 38.3 Å². The highest BCUT2D eigenvalue weighted by atomic mass is 32.2. The third kappa shape index (κ3) is 10.6. The topological polar surface area (TPSA) is 237 Å². The first-order valence-corrected chi connectivity index (χ1v) is 10.2. The Bertz CT molecular complexity index is 674. The van der Waals surface area contributed by atoms with E-state index in [0.717, 1.165) is 0 Å². The van der Waals surface area contributed by atoms with E-state index in [1.165, 1.54) is 18.7 Å². The van der Waals surface area contributed by atoms with Crippen LogP contribution in [0.15, 0.2) is 0 Å². The molecule has 0 heterocycles. The fraction of sp³-hybridized carbons (Fsp3) is 0.625. The summed E-state index contributed by atoms with van der Waals surface area (Å²) < 4.78 is 0. The highest BCUT2D eigenvalue weighted by Crippen LogP contribution is 2.01. The van der Waals surface area contributed by atoms with Crippen LogP contribution in [0.1, 0.15) is 26.2 Å². The van der Waals surface area contributed by atoms with Crippen LogP contribution in [0.2, 0.25) is 0 Å². The Morgan fingerprint density at radius 1 is 0.867 bits per heavy atom. The number of carboxylic acid groups (broad SMARTS) is 1. The molecule has 0 bridgehead atoms. The van der Waals surface area contributed by atoms with Crippen molar-refractivity contribution in [2.24, 2.45) is 17.2 Å². The predicted molar refractivity (Wildman–Crippen MR) is 108 cm³/mol. The highest BCUT2D eigenvalue weighted by molar-refractivity contribution is 7.98. The minimum atomic E-state index is -1.58. The molecule has 14 heteroatoms. The molecule has 13 nitrogen and oxygen atoms in total. The van der Waals surface area contributed by atoms with Crippen LogP contribution in [0.4, 0.5) is 0 Å². The first-order valence-electron chi connectivity index (χ1n) is 8.84. The van der Waals surface area contributed by atoms with Gasteiger partial charge in [0.1, 0.15) is 18.1 Å². The second-order valence-corrected chi connectivity index (χ2v) is 7.41. The molecule has 4 unspecified atom stereocenters. The van der Waals surface area contributed by atoms with Crippen LogP contribution in [0, 0.1) is 0 Å². The van der Waals surface area contributed by atoms with E-state index in [2.05, 4.69) is 16.0 Å². The summed E-state index contributed by atoms with van der Waals surface area (Å²) in [4.78, 5) is 69.9. The lowest BCUT2D eigenvalue weighted by Gasteiger charge is -2.22. The first-order chi connectivity index (χ1) is 13.9. The molecule has 0 aromatic carbocycles. The number of nitrogens with two attached hydrogens (primary N) is 3. The fourth-order valence-electron chi connectivity index (χ4n) is 2.14. The zero-order chi connectivity index (χ0) is 23.4. The largest absolute Gasteiger partial charge is 0.480 e. The lowest BCUT2D eigenvalue weighted by Crippen LogP contribution is -2.57. The number of hydrogen-bond donors (Lipinski definition) is 7. The second kappa shape index (κ2) is 13.4. The maximum atomic E-state index is 12.4.